The summed E-state index contributed by atoms with van der Waals surface area (Å²) >= 11 is 0. The van der Waals surface area contributed by atoms with Crippen LogP contribution in [0.5, 0.6) is 0 Å². The van der Waals surface area contributed by atoms with Crippen molar-refractivity contribution in [3.63, 3.8) is 0 Å². The van der Waals surface area contributed by atoms with Crippen molar-refractivity contribution in [2.24, 2.45) is 0 Å². The lowest BCUT2D eigenvalue weighted by Crippen LogP contribution is -2.14. The van der Waals surface area contributed by atoms with Gasteiger partial charge in [0.2, 0.25) is 5.89 Å². The van der Waals surface area contributed by atoms with Crippen molar-refractivity contribution in [2.45, 2.75) is 50.9 Å². The molecule has 0 saturated carbocycles. The number of fused-ring (bicyclic) bond motifs is 1. The van der Waals surface area contributed by atoms with E-state index in [4.69, 9.17) is 14.8 Å². The van der Waals surface area contributed by atoms with Crippen molar-refractivity contribution in [1.29, 1.82) is 5.26 Å². The van der Waals surface area contributed by atoms with Gasteiger partial charge in [0.1, 0.15) is 5.82 Å². The molecule has 0 saturated heterocycles. The Morgan fingerprint density at radius 2 is 2.03 bits per heavy atom. The third-order valence-electron chi connectivity index (χ3n) is 5.65. The highest BCUT2D eigenvalue weighted by atomic mass is 16.5. The molecule has 2 N–H and O–H groups in total. The number of aliphatic carboxylic acids is 1. The monoisotopic (exact) mass is 431 g/mol. The SMILES string of the molecule is N#Cc1ccc(C(CC(=O)O)Cc2nc(CCCc3ccc4c(n3)NCCC4)no2)cc1. The summed E-state index contributed by atoms with van der Waals surface area (Å²) in [4.78, 5) is 20.5. The summed E-state index contributed by atoms with van der Waals surface area (Å²) < 4.78 is 5.39. The Hall–Kier alpha value is -3.73. The molecule has 1 atom stereocenters. The smallest absolute Gasteiger partial charge is 0.303 e. The molecule has 0 spiro atoms. The number of benzene rings is 1. The first-order chi connectivity index (χ1) is 15.6. The second kappa shape index (κ2) is 10.1. The first kappa shape index (κ1) is 21.5. The molecule has 0 bridgehead atoms. The zero-order chi connectivity index (χ0) is 22.3. The zero-order valence-corrected chi connectivity index (χ0v) is 17.8. The van der Waals surface area contributed by atoms with E-state index in [0.29, 0.717) is 30.1 Å². The van der Waals surface area contributed by atoms with Gasteiger partial charge < -0.3 is 14.9 Å². The van der Waals surface area contributed by atoms with Gasteiger partial charge in [0.25, 0.3) is 0 Å². The minimum atomic E-state index is -0.897. The standard InChI is InChI=1S/C24H25N5O3/c25-15-16-6-8-17(9-7-16)19(14-23(30)31)13-22-28-21(29-32-22)5-1-4-20-11-10-18-3-2-12-26-24(18)27-20/h6-11,19H,1-5,12-14H2,(H,26,27)(H,30,31). The largest absolute Gasteiger partial charge is 0.481 e. The van der Waals surface area contributed by atoms with Crippen molar-refractivity contribution < 1.29 is 14.4 Å². The molecule has 1 unspecified atom stereocenters. The van der Waals surface area contributed by atoms with E-state index in [9.17, 15) is 9.90 Å². The van der Waals surface area contributed by atoms with Crippen molar-refractivity contribution in [3.8, 4) is 6.07 Å². The van der Waals surface area contributed by atoms with E-state index in [-0.39, 0.29) is 12.3 Å². The molecular weight excluding hydrogens is 406 g/mol. The topological polar surface area (TPSA) is 125 Å². The predicted octanol–water partition coefficient (Wildman–Crippen LogP) is 3.67. The molecule has 164 valence electrons. The molecule has 0 radical (unpaired) electrons. The summed E-state index contributed by atoms with van der Waals surface area (Å²) in [6.07, 6.45) is 4.84. The molecule has 0 amide bonds. The number of carbonyl (C=O) groups is 1. The molecule has 3 aromatic rings. The van der Waals surface area contributed by atoms with E-state index in [0.717, 1.165) is 49.3 Å². The molecule has 1 aliphatic rings. The molecule has 1 aliphatic heterocycles. The van der Waals surface area contributed by atoms with Gasteiger partial charge in [-0.25, -0.2) is 4.98 Å². The molecule has 1 aromatic carbocycles. The maximum atomic E-state index is 11.3. The second-order valence-electron chi connectivity index (χ2n) is 8.03. The molecule has 0 aliphatic carbocycles. The molecule has 4 rings (SSSR count). The van der Waals surface area contributed by atoms with E-state index < -0.39 is 5.97 Å². The minimum Gasteiger partial charge on any atom is -0.481 e. The fourth-order valence-electron chi connectivity index (χ4n) is 3.97. The number of hydrogen-bond donors (Lipinski definition) is 2. The van der Waals surface area contributed by atoms with Crippen molar-refractivity contribution in [2.75, 3.05) is 11.9 Å². The number of pyridine rings is 1. The number of hydrogen-bond acceptors (Lipinski definition) is 7. The van der Waals surface area contributed by atoms with Crippen LogP contribution in [0.1, 0.15) is 59.3 Å². The summed E-state index contributed by atoms with van der Waals surface area (Å²) in [7, 11) is 0. The number of rotatable bonds is 9. The van der Waals surface area contributed by atoms with E-state index in [1.807, 2.05) is 0 Å². The van der Waals surface area contributed by atoms with Crippen LogP contribution in [0.4, 0.5) is 5.82 Å². The predicted molar refractivity (Wildman–Crippen MR) is 117 cm³/mol. The number of nitriles is 1. The average Bonchev–Trinajstić information content (AvgIpc) is 3.25. The Morgan fingerprint density at radius 1 is 1.19 bits per heavy atom. The first-order valence-corrected chi connectivity index (χ1v) is 10.9. The van der Waals surface area contributed by atoms with E-state index in [2.05, 4.69) is 33.7 Å². The Balaban J connectivity index is 1.34. The molecule has 8 heteroatoms. The van der Waals surface area contributed by atoms with E-state index in [1.54, 1.807) is 24.3 Å². The van der Waals surface area contributed by atoms with Crippen molar-refractivity contribution in [1.82, 2.24) is 15.1 Å². The highest BCUT2D eigenvalue weighted by Crippen LogP contribution is 2.25. The fourth-order valence-corrected chi connectivity index (χ4v) is 3.97. The molecule has 0 fully saturated rings. The number of nitrogens with zero attached hydrogens (tertiary/aromatic N) is 4. The summed E-state index contributed by atoms with van der Waals surface area (Å²) in [5.41, 5.74) is 3.69. The lowest BCUT2D eigenvalue weighted by molar-refractivity contribution is -0.137. The van der Waals surface area contributed by atoms with Crippen LogP contribution >= 0.6 is 0 Å². The van der Waals surface area contributed by atoms with E-state index in [1.165, 1.54) is 5.56 Å². The Bertz CT molecular complexity index is 1120. The zero-order valence-electron chi connectivity index (χ0n) is 17.8. The van der Waals surface area contributed by atoms with Gasteiger partial charge in [-0.15, -0.1) is 0 Å². The van der Waals surface area contributed by atoms with Crippen LogP contribution in [0.25, 0.3) is 0 Å². The number of carboxylic acid groups (broad SMARTS) is 1. The van der Waals surface area contributed by atoms with Crippen LogP contribution in [0.3, 0.4) is 0 Å². The maximum absolute atomic E-state index is 11.3. The number of carboxylic acids is 1. The maximum Gasteiger partial charge on any atom is 0.303 e. The van der Waals surface area contributed by atoms with Gasteiger partial charge in [-0.3, -0.25) is 4.79 Å². The van der Waals surface area contributed by atoms with Crippen LogP contribution in [0.15, 0.2) is 40.9 Å². The van der Waals surface area contributed by atoms with Crippen LogP contribution in [0, 0.1) is 11.3 Å². The first-order valence-electron chi connectivity index (χ1n) is 10.9. The normalized spacial score (nSPS) is 13.6. The number of aryl methyl sites for hydroxylation is 3. The second-order valence-corrected chi connectivity index (χ2v) is 8.03. The summed E-state index contributed by atoms with van der Waals surface area (Å²) in [5, 5.41) is 25.7. The summed E-state index contributed by atoms with van der Waals surface area (Å²) in [5.74, 6) is 0.839. The number of aromatic nitrogens is 3. The molecule has 8 nitrogen and oxygen atoms in total. The molecule has 2 aromatic heterocycles. The molecule has 3 heterocycles. The summed E-state index contributed by atoms with van der Waals surface area (Å²) in [6, 6.07) is 13.2. The molecular formula is C24H25N5O3. The third kappa shape index (κ3) is 5.49. The van der Waals surface area contributed by atoms with Gasteiger partial charge in [0, 0.05) is 31.0 Å². The minimum absolute atomic E-state index is 0.0539. The van der Waals surface area contributed by atoms with Gasteiger partial charge in [-0.1, -0.05) is 23.4 Å². The van der Waals surface area contributed by atoms with Crippen molar-refractivity contribution in [3.05, 3.63) is 70.5 Å². The van der Waals surface area contributed by atoms with Crippen LogP contribution in [-0.2, 0) is 30.5 Å². The lowest BCUT2D eigenvalue weighted by atomic mass is 9.92. The van der Waals surface area contributed by atoms with Gasteiger partial charge in [0.15, 0.2) is 5.82 Å². The Kier molecular flexibility index (Phi) is 6.75. The number of nitrogens with one attached hydrogen (secondary N) is 1. The Morgan fingerprint density at radius 3 is 2.81 bits per heavy atom. The highest BCUT2D eigenvalue weighted by Gasteiger charge is 2.20. The summed E-state index contributed by atoms with van der Waals surface area (Å²) in [6.45, 7) is 0.973. The quantitative estimate of drug-likeness (QED) is 0.526. The Labute approximate surface area is 186 Å². The average molecular weight is 431 g/mol. The van der Waals surface area contributed by atoms with Gasteiger partial charge in [0.05, 0.1) is 18.1 Å². The van der Waals surface area contributed by atoms with E-state index >= 15 is 0 Å². The molecule has 32 heavy (non-hydrogen) atoms. The highest BCUT2D eigenvalue weighted by molar-refractivity contribution is 5.68. The van der Waals surface area contributed by atoms with Crippen LogP contribution in [-0.4, -0.2) is 32.7 Å². The third-order valence-corrected chi connectivity index (χ3v) is 5.65. The van der Waals surface area contributed by atoms with Crippen LogP contribution in [0.2, 0.25) is 0 Å². The lowest BCUT2D eigenvalue weighted by Gasteiger charge is -2.17. The van der Waals surface area contributed by atoms with Gasteiger partial charge >= 0.3 is 5.97 Å². The van der Waals surface area contributed by atoms with Gasteiger partial charge in [-0.05, 0) is 55.0 Å². The van der Waals surface area contributed by atoms with Crippen molar-refractivity contribution >= 4 is 11.8 Å². The van der Waals surface area contributed by atoms with Gasteiger partial charge in [-0.2, -0.15) is 10.2 Å². The fraction of sp³-hybridized carbons (Fsp3) is 0.375. The number of anilines is 1. The van der Waals surface area contributed by atoms with Crippen LogP contribution < -0.4 is 5.32 Å².